The molecule has 1 heterocycles. The molecule has 2 rings (SSSR count). The standard InChI is InChI=1S/C16H23N3O3/c1-10(2)6-14-17-15(19-18-14)9-11-7-12(20-3)16(22-5)13(8-11)21-4/h7-8,10H,6,9H2,1-5H3,(H,17,18,19). The molecule has 6 heteroatoms. The Bertz CT molecular complexity index is 598. The third kappa shape index (κ3) is 3.69. The highest BCUT2D eigenvalue weighted by atomic mass is 16.5. The topological polar surface area (TPSA) is 69.3 Å². The molecule has 0 bridgehead atoms. The lowest BCUT2D eigenvalue weighted by Gasteiger charge is -2.13. The Morgan fingerprint density at radius 3 is 2.18 bits per heavy atom. The summed E-state index contributed by atoms with van der Waals surface area (Å²) in [5, 5.41) is 7.24. The fourth-order valence-electron chi connectivity index (χ4n) is 2.30. The summed E-state index contributed by atoms with van der Waals surface area (Å²) in [6.45, 7) is 4.30. The molecule has 0 amide bonds. The second-order valence-electron chi connectivity index (χ2n) is 5.51. The third-order valence-electron chi connectivity index (χ3n) is 3.26. The predicted molar refractivity (Wildman–Crippen MR) is 83.8 cm³/mol. The number of methoxy groups -OCH3 is 3. The number of aromatic nitrogens is 3. The van der Waals surface area contributed by atoms with Crippen LogP contribution < -0.4 is 14.2 Å². The van der Waals surface area contributed by atoms with Crippen molar-refractivity contribution in [3.63, 3.8) is 0 Å². The van der Waals surface area contributed by atoms with Gasteiger partial charge in [-0.15, -0.1) is 0 Å². The summed E-state index contributed by atoms with van der Waals surface area (Å²) < 4.78 is 16.1. The minimum absolute atomic E-state index is 0.532. The minimum atomic E-state index is 0.532. The van der Waals surface area contributed by atoms with Crippen LogP contribution >= 0.6 is 0 Å². The molecule has 1 aromatic carbocycles. The van der Waals surface area contributed by atoms with E-state index >= 15 is 0 Å². The molecule has 0 spiro atoms. The van der Waals surface area contributed by atoms with E-state index in [2.05, 4.69) is 29.0 Å². The third-order valence-corrected chi connectivity index (χ3v) is 3.26. The Hall–Kier alpha value is -2.24. The van der Waals surface area contributed by atoms with E-state index in [9.17, 15) is 0 Å². The van der Waals surface area contributed by atoms with Crippen molar-refractivity contribution in [2.75, 3.05) is 21.3 Å². The normalized spacial score (nSPS) is 10.8. The maximum absolute atomic E-state index is 5.36. The lowest BCUT2D eigenvalue weighted by Crippen LogP contribution is -1.99. The van der Waals surface area contributed by atoms with Crippen LogP contribution in [0, 0.1) is 5.92 Å². The van der Waals surface area contributed by atoms with Gasteiger partial charge in [0.25, 0.3) is 0 Å². The molecule has 0 saturated carbocycles. The van der Waals surface area contributed by atoms with Crippen LogP contribution in [0.3, 0.4) is 0 Å². The smallest absolute Gasteiger partial charge is 0.203 e. The van der Waals surface area contributed by atoms with Crippen molar-refractivity contribution in [1.29, 1.82) is 0 Å². The molecule has 0 saturated heterocycles. The van der Waals surface area contributed by atoms with Gasteiger partial charge < -0.3 is 14.2 Å². The van der Waals surface area contributed by atoms with Gasteiger partial charge in [-0.05, 0) is 23.6 Å². The van der Waals surface area contributed by atoms with Crippen molar-refractivity contribution in [3.8, 4) is 17.2 Å². The largest absolute Gasteiger partial charge is 0.493 e. The molecule has 0 unspecified atom stereocenters. The van der Waals surface area contributed by atoms with Crippen LogP contribution in [0.15, 0.2) is 12.1 Å². The van der Waals surface area contributed by atoms with Crippen molar-refractivity contribution in [1.82, 2.24) is 15.2 Å². The van der Waals surface area contributed by atoms with Gasteiger partial charge in [0, 0.05) is 12.8 Å². The van der Waals surface area contributed by atoms with Crippen LogP contribution in [0.1, 0.15) is 31.1 Å². The predicted octanol–water partition coefficient (Wildman–Crippen LogP) is 2.62. The van der Waals surface area contributed by atoms with Crippen LogP contribution in [0.25, 0.3) is 0 Å². The van der Waals surface area contributed by atoms with E-state index in [1.165, 1.54) is 0 Å². The van der Waals surface area contributed by atoms with Crippen LogP contribution in [0.2, 0.25) is 0 Å². The molecule has 2 aromatic rings. The van der Waals surface area contributed by atoms with Gasteiger partial charge in [-0.1, -0.05) is 13.8 Å². The van der Waals surface area contributed by atoms with Crippen LogP contribution in [0.5, 0.6) is 17.2 Å². The maximum atomic E-state index is 5.36. The molecular formula is C16H23N3O3. The Morgan fingerprint density at radius 1 is 1.05 bits per heavy atom. The number of nitrogens with one attached hydrogen (secondary N) is 1. The second-order valence-corrected chi connectivity index (χ2v) is 5.51. The fraction of sp³-hybridized carbons (Fsp3) is 0.500. The number of hydrogen-bond acceptors (Lipinski definition) is 5. The van der Waals surface area contributed by atoms with Crippen molar-refractivity contribution < 1.29 is 14.2 Å². The average molecular weight is 305 g/mol. The van der Waals surface area contributed by atoms with Gasteiger partial charge in [0.2, 0.25) is 5.75 Å². The molecule has 120 valence electrons. The molecule has 1 aromatic heterocycles. The van der Waals surface area contributed by atoms with E-state index in [-0.39, 0.29) is 0 Å². The molecule has 0 aliphatic carbocycles. The fourth-order valence-corrected chi connectivity index (χ4v) is 2.30. The van der Waals surface area contributed by atoms with E-state index in [1.807, 2.05) is 12.1 Å². The zero-order chi connectivity index (χ0) is 16.1. The molecule has 0 aliphatic rings. The van der Waals surface area contributed by atoms with E-state index in [4.69, 9.17) is 14.2 Å². The van der Waals surface area contributed by atoms with Crippen LogP contribution in [-0.2, 0) is 12.8 Å². The van der Waals surface area contributed by atoms with Gasteiger partial charge in [0.05, 0.1) is 21.3 Å². The molecule has 22 heavy (non-hydrogen) atoms. The molecule has 6 nitrogen and oxygen atoms in total. The summed E-state index contributed by atoms with van der Waals surface area (Å²) in [6.07, 6.45) is 1.49. The number of nitrogens with zero attached hydrogens (tertiary/aromatic N) is 2. The van der Waals surface area contributed by atoms with E-state index in [0.29, 0.717) is 29.6 Å². The Balaban J connectivity index is 2.23. The molecule has 0 radical (unpaired) electrons. The number of rotatable bonds is 7. The summed E-state index contributed by atoms with van der Waals surface area (Å²) in [7, 11) is 4.81. The Labute approximate surface area is 130 Å². The number of benzene rings is 1. The highest BCUT2D eigenvalue weighted by molar-refractivity contribution is 5.54. The SMILES string of the molecule is COc1cc(Cc2nc(CC(C)C)n[nH]2)cc(OC)c1OC. The Morgan fingerprint density at radius 2 is 1.68 bits per heavy atom. The van der Waals surface area contributed by atoms with E-state index in [1.54, 1.807) is 21.3 Å². The summed E-state index contributed by atoms with van der Waals surface area (Å²) in [5.41, 5.74) is 1.02. The first-order chi connectivity index (χ1) is 10.6. The first-order valence-electron chi connectivity index (χ1n) is 7.26. The van der Waals surface area contributed by atoms with E-state index < -0.39 is 0 Å². The lowest BCUT2D eigenvalue weighted by atomic mass is 10.1. The second kappa shape index (κ2) is 7.15. The molecule has 0 fully saturated rings. The first kappa shape index (κ1) is 16.1. The zero-order valence-electron chi connectivity index (χ0n) is 13.8. The summed E-state index contributed by atoms with van der Waals surface area (Å²) in [6, 6.07) is 3.85. The summed E-state index contributed by atoms with van der Waals surface area (Å²) in [5.74, 6) is 4.07. The van der Waals surface area contributed by atoms with Crippen LogP contribution in [0.4, 0.5) is 0 Å². The number of ether oxygens (including phenoxy) is 3. The van der Waals surface area contributed by atoms with Gasteiger partial charge in [-0.25, -0.2) is 4.98 Å². The number of hydrogen-bond donors (Lipinski definition) is 1. The zero-order valence-corrected chi connectivity index (χ0v) is 13.8. The monoisotopic (exact) mass is 305 g/mol. The van der Waals surface area contributed by atoms with Gasteiger partial charge in [0.15, 0.2) is 17.3 Å². The number of H-pyrrole nitrogens is 1. The van der Waals surface area contributed by atoms with E-state index in [0.717, 1.165) is 23.6 Å². The lowest BCUT2D eigenvalue weighted by molar-refractivity contribution is 0.324. The maximum Gasteiger partial charge on any atom is 0.203 e. The molecular weight excluding hydrogens is 282 g/mol. The van der Waals surface area contributed by atoms with Crippen molar-refractivity contribution in [3.05, 3.63) is 29.3 Å². The molecule has 0 aliphatic heterocycles. The molecule has 0 atom stereocenters. The van der Waals surface area contributed by atoms with Gasteiger partial charge >= 0.3 is 0 Å². The van der Waals surface area contributed by atoms with Crippen molar-refractivity contribution >= 4 is 0 Å². The summed E-state index contributed by atoms with van der Waals surface area (Å²) >= 11 is 0. The van der Waals surface area contributed by atoms with Gasteiger partial charge in [-0.2, -0.15) is 5.10 Å². The van der Waals surface area contributed by atoms with Gasteiger partial charge in [-0.3, -0.25) is 5.10 Å². The quantitative estimate of drug-likeness (QED) is 0.851. The molecule has 1 N–H and O–H groups in total. The first-order valence-corrected chi connectivity index (χ1v) is 7.26. The minimum Gasteiger partial charge on any atom is -0.493 e. The highest BCUT2D eigenvalue weighted by Crippen LogP contribution is 2.38. The van der Waals surface area contributed by atoms with Crippen LogP contribution in [-0.4, -0.2) is 36.5 Å². The van der Waals surface area contributed by atoms with Crippen molar-refractivity contribution in [2.45, 2.75) is 26.7 Å². The average Bonchev–Trinajstić information content (AvgIpc) is 2.92. The highest BCUT2D eigenvalue weighted by Gasteiger charge is 2.14. The number of aromatic amines is 1. The Kier molecular flexibility index (Phi) is 5.25. The van der Waals surface area contributed by atoms with Gasteiger partial charge in [0.1, 0.15) is 5.82 Å². The summed E-state index contributed by atoms with van der Waals surface area (Å²) in [4.78, 5) is 4.52. The van der Waals surface area contributed by atoms with Crippen molar-refractivity contribution in [2.24, 2.45) is 5.92 Å².